The number of ketones is 1. The van der Waals surface area contributed by atoms with Crippen molar-refractivity contribution < 1.29 is 14.3 Å². The molecule has 1 amide bonds. The van der Waals surface area contributed by atoms with Crippen LogP contribution in [0.15, 0.2) is 5.03 Å². The van der Waals surface area contributed by atoms with Crippen molar-refractivity contribution >= 4 is 35.4 Å². The molecule has 1 saturated heterocycles. The summed E-state index contributed by atoms with van der Waals surface area (Å²) in [4.78, 5) is 36.3. The van der Waals surface area contributed by atoms with Crippen LogP contribution in [0.4, 0.5) is 16.6 Å². The van der Waals surface area contributed by atoms with E-state index in [0.29, 0.717) is 48.3 Å². The van der Waals surface area contributed by atoms with E-state index in [1.54, 1.807) is 4.90 Å². The number of thioether (sulfide) groups is 1. The smallest absolute Gasteiger partial charge is 0.410 e. The number of hydrogen-bond acceptors (Lipinski definition) is 8. The largest absolute Gasteiger partial charge is 0.444 e. The van der Waals surface area contributed by atoms with Crippen LogP contribution in [-0.4, -0.2) is 64.3 Å². The van der Waals surface area contributed by atoms with Gasteiger partial charge in [-0.25, -0.2) is 9.78 Å². The van der Waals surface area contributed by atoms with E-state index in [2.05, 4.69) is 9.97 Å². The third-order valence-electron chi connectivity index (χ3n) is 3.72. The highest BCUT2D eigenvalue weighted by atomic mass is 32.2. The van der Waals surface area contributed by atoms with Crippen molar-refractivity contribution in [2.24, 2.45) is 0 Å². The van der Waals surface area contributed by atoms with Crippen LogP contribution in [0, 0.1) is 0 Å². The monoisotopic (exact) mass is 351 g/mol. The number of Topliss-reactive ketones (excluding diaryl/α,β-unsaturated/α-hetero) is 1. The molecule has 1 aromatic heterocycles. The van der Waals surface area contributed by atoms with Crippen LogP contribution >= 0.6 is 11.8 Å². The van der Waals surface area contributed by atoms with Gasteiger partial charge >= 0.3 is 6.09 Å². The summed E-state index contributed by atoms with van der Waals surface area (Å²) in [7, 11) is 0. The van der Waals surface area contributed by atoms with Crippen LogP contribution in [0.25, 0.3) is 0 Å². The number of amides is 1. The number of nitrogens with zero attached hydrogens (tertiary/aromatic N) is 4. The lowest BCUT2D eigenvalue weighted by atomic mass is 10.2. The van der Waals surface area contributed by atoms with Crippen LogP contribution in [0.5, 0.6) is 0 Å². The van der Waals surface area contributed by atoms with Gasteiger partial charge in [0.1, 0.15) is 16.4 Å². The number of hydrogen-bond donors (Lipinski definition) is 1. The fourth-order valence-electron chi connectivity index (χ4n) is 2.66. The molecule has 0 spiro atoms. The van der Waals surface area contributed by atoms with Gasteiger partial charge in [0.15, 0.2) is 5.78 Å². The molecule has 8 nitrogen and oxygen atoms in total. The molecular formula is C15H21N5O3S. The summed E-state index contributed by atoms with van der Waals surface area (Å²) in [5, 5.41) is 0.650. The Morgan fingerprint density at radius 1 is 1.21 bits per heavy atom. The van der Waals surface area contributed by atoms with Crippen LogP contribution in [-0.2, 0) is 4.74 Å². The Kier molecular flexibility index (Phi) is 4.29. The Bertz CT molecular complexity index is 680. The highest BCUT2D eigenvalue weighted by Crippen LogP contribution is 2.35. The minimum Gasteiger partial charge on any atom is -0.444 e. The predicted octanol–water partition coefficient (Wildman–Crippen LogP) is 1.40. The Morgan fingerprint density at radius 2 is 1.88 bits per heavy atom. The first-order valence-corrected chi connectivity index (χ1v) is 8.79. The van der Waals surface area contributed by atoms with Crippen molar-refractivity contribution in [3.63, 3.8) is 0 Å². The first-order chi connectivity index (χ1) is 11.2. The molecule has 0 radical (unpaired) electrons. The van der Waals surface area contributed by atoms with E-state index in [1.807, 2.05) is 25.7 Å². The zero-order chi connectivity index (χ0) is 17.5. The molecule has 0 saturated carbocycles. The van der Waals surface area contributed by atoms with Gasteiger partial charge in [0.05, 0.1) is 11.3 Å². The minimum atomic E-state index is -0.514. The molecule has 2 N–H and O–H groups in total. The van der Waals surface area contributed by atoms with E-state index in [9.17, 15) is 9.59 Å². The number of carbonyl (C=O) groups is 2. The van der Waals surface area contributed by atoms with Crippen molar-refractivity contribution in [3.05, 3.63) is 5.56 Å². The minimum absolute atomic E-state index is 0.0274. The Labute approximate surface area is 144 Å². The van der Waals surface area contributed by atoms with Crippen LogP contribution in [0.2, 0.25) is 0 Å². The van der Waals surface area contributed by atoms with Gasteiger partial charge in [0, 0.05) is 26.2 Å². The molecule has 0 unspecified atom stereocenters. The molecule has 0 aromatic carbocycles. The van der Waals surface area contributed by atoms with Gasteiger partial charge in [0.25, 0.3) is 0 Å². The Balaban J connectivity index is 1.72. The molecule has 24 heavy (non-hydrogen) atoms. The van der Waals surface area contributed by atoms with Gasteiger partial charge in [-0.3, -0.25) is 4.79 Å². The first kappa shape index (κ1) is 16.8. The van der Waals surface area contributed by atoms with Crippen LogP contribution in [0.3, 0.4) is 0 Å². The maximum atomic E-state index is 12.1. The highest BCUT2D eigenvalue weighted by molar-refractivity contribution is 8.00. The van der Waals surface area contributed by atoms with Gasteiger partial charge in [-0.05, 0) is 20.8 Å². The maximum absolute atomic E-state index is 12.1. The maximum Gasteiger partial charge on any atom is 0.410 e. The number of nitrogen functional groups attached to an aromatic ring is 1. The van der Waals surface area contributed by atoms with E-state index in [-0.39, 0.29) is 17.8 Å². The number of piperazine rings is 1. The number of nitrogens with two attached hydrogens (primary N) is 1. The normalized spacial score (nSPS) is 17.9. The molecule has 1 fully saturated rings. The van der Waals surface area contributed by atoms with E-state index >= 15 is 0 Å². The summed E-state index contributed by atoms with van der Waals surface area (Å²) in [5.41, 5.74) is 5.81. The van der Waals surface area contributed by atoms with E-state index < -0.39 is 5.60 Å². The zero-order valence-electron chi connectivity index (χ0n) is 14.0. The van der Waals surface area contributed by atoms with E-state index in [1.165, 1.54) is 11.8 Å². The summed E-state index contributed by atoms with van der Waals surface area (Å²) in [6.45, 7) is 7.69. The predicted molar refractivity (Wildman–Crippen MR) is 91.5 cm³/mol. The number of anilines is 2. The lowest BCUT2D eigenvalue weighted by Gasteiger charge is -2.36. The average molecular weight is 351 g/mol. The SMILES string of the molecule is CC(C)(C)OC(=O)N1CCN(c2nc(N)nc3c2C(=O)CS3)CC1. The molecular weight excluding hydrogens is 330 g/mol. The topological polar surface area (TPSA) is 102 Å². The fourth-order valence-corrected chi connectivity index (χ4v) is 3.58. The Morgan fingerprint density at radius 3 is 2.50 bits per heavy atom. The second-order valence-electron chi connectivity index (χ2n) is 6.75. The molecule has 0 bridgehead atoms. The number of rotatable bonds is 1. The number of ether oxygens (including phenoxy) is 1. The molecule has 130 valence electrons. The third kappa shape index (κ3) is 3.40. The van der Waals surface area contributed by atoms with Gasteiger partial charge in [0.2, 0.25) is 5.95 Å². The lowest BCUT2D eigenvalue weighted by molar-refractivity contribution is 0.0240. The van der Waals surface area contributed by atoms with Crippen LogP contribution in [0.1, 0.15) is 31.1 Å². The lowest BCUT2D eigenvalue weighted by Crippen LogP contribution is -2.50. The molecule has 9 heteroatoms. The van der Waals surface area contributed by atoms with Gasteiger partial charge in [-0.1, -0.05) is 11.8 Å². The molecule has 3 rings (SSSR count). The number of carbonyl (C=O) groups excluding carboxylic acids is 2. The fraction of sp³-hybridized carbons (Fsp3) is 0.600. The van der Waals surface area contributed by atoms with E-state index in [0.717, 1.165) is 0 Å². The van der Waals surface area contributed by atoms with Crippen molar-refractivity contribution in [1.82, 2.24) is 14.9 Å². The molecule has 3 heterocycles. The average Bonchev–Trinajstić information content (AvgIpc) is 2.86. The molecule has 0 aliphatic carbocycles. The quantitative estimate of drug-likeness (QED) is 0.758. The van der Waals surface area contributed by atoms with Crippen molar-refractivity contribution in [3.8, 4) is 0 Å². The summed E-state index contributed by atoms with van der Waals surface area (Å²) in [6, 6.07) is 0. The molecule has 1 aromatic rings. The third-order valence-corrected chi connectivity index (χ3v) is 4.70. The highest BCUT2D eigenvalue weighted by Gasteiger charge is 2.32. The number of fused-ring (bicyclic) bond motifs is 1. The number of aromatic nitrogens is 2. The van der Waals surface area contributed by atoms with Gasteiger partial charge in [-0.15, -0.1) is 0 Å². The molecule has 2 aliphatic heterocycles. The van der Waals surface area contributed by atoms with Crippen LogP contribution < -0.4 is 10.6 Å². The van der Waals surface area contributed by atoms with E-state index in [4.69, 9.17) is 10.5 Å². The van der Waals surface area contributed by atoms with Crippen molar-refractivity contribution in [1.29, 1.82) is 0 Å². The summed E-state index contributed by atoms with van der Waals surface area (Å²) in [5.74, 6) is 1.15. The summed E-state index contributed by atoms with van der Waals surface area (Å²) in [6.07, 6.45) is -0.318. The van der Waals surface area contributed by atoms with Gasteiger partial charge in [-0.2, -0.15) is 4.98 Å². The summed E-state index contributed by atoms with van der Waals surface area (Å²) >= 11 is 1.39. The second kappa shape index (κ2) is 6.12. The zero-order valence-corrected chi connectivity index (χ0v) is 14.9. The van der Waals surface area contributed by atoms with Gasteiger partial charge < -0.3 is 20.3 Å². The first-order valence-electron chi connectivity index (χ1n) is 7.81. The Hall–Kier alpha value is -2.03. The standard InChI is InChI=1S/C15H21N5O3S/c1-15(2,3)23-14(22)20-6-4-19(5-7-20)11-10-9(21)8-24-12(10)18-13(16)17-11/h4-8H2,1-3H3,(H2,16,17,18). The molecule has 2 aliphatic rings. The summed E-state index contributed by atoms with van der Waals surface area (Å²) < 4.78 is 5.39. The molecule has 0 atom stereocenters. The second-order valence-corrected chi connectivity index (χ2v) is 7.72. The van der Waals surface area contributed by atoms with Crippen molar-refractivity contribution in [2.75, 3.05) is 42.6 Å². The van der Waals surface area contributed by atoms with Crippen molar-refractivity contribution in [2.45, 2.75) is 31.4 Å².